The molecule has 0 bridgehead atoms. The summed E-state index contributed by atoms with van der Waals surface area (Å²) in [7, 11) is 0. The average Bonchev–Trinajstić information content (AvgIpc) is 3.13. The Bertz CT molecular complexity index is 1100. The molecule has 0 N–H and O–H groups in total. The van der Waals surface area contributed by atoms with Crippen LogP contribution in [0.1, 0.15) is 11.3 Å². The fourth-order valence-electron chi connectivity index (χ4n) is 3.36. The third-order valence-corrected chi connectivity index (χ3v) is 4.42. The highest BCUT2D eigenvalue weighted by molar-refractivity contribution is 6.20. The van der Waals surface area contributed by atoms with Crippen LogP contribution >= 0.6 is 0 Å². The van der Waals surface area contributed by atoms with E-state index >= 15 is 0 Å². The molecular weight excluding hydrogens is 299 g/mol. The molecule has 4 aromatic rings. The summed E-state index contributed by atoms with van der Waals surface area (Å²) in [4.78, 5) is 4.81. The highest BCUT2D eigenvalue weighted by Gasteiger charge is 2.26. The normalized spacial score (nSPS) is 14.1. The maximum Gasteiger partial charge on any atom is 0.123 e. The van der Waals surface area contributed by atoms with E-state index in [1.807, 2.05) is 24.3 Å². The monoisotopic (exact) mass is 312 g/mol. The Balaban J connectivity index is 1.82. The number of rotatable bonds is 1. The van der Waals surface area contributed by atoms with Crippen LogP contribution in [0.15, 0.2) is 83.9 Å². The standard InChI is InChI=1S/C21H13FN2/c22-15-9-11-16(12-10-15)23-21-17-6-2-4-8-19(17)24-18-7-3-1-5-14(18)13-20(21)24/h1-13H. The first-order valence-corrected chi connectivity index (χ1v) is 7.86. The molecule has 3 heteroatoms. The maximum atomic E-state index is 13.2. The first kappa shape index (κ1) is 13.3. The van der Waals surface area contributed by atoms with Crippen molar-refractivity contribution in [1.82, 2.24) is 4.57 Å². The first-order chi connectivity index (χ1) is 11.8. The number of fused-ring (bicyclic) bond motifs is 5. The molecule has 0 fully saturated rings. The Kier molecular flexibility index (Phi) is 2.71. The molecule has 1 aliphatic heterocycles. The number of aromatic nitrogens is 1. The molecule has 5 rings (SSSR count). The molecule has 24 heavy (non-hydrogen) atoms. The summed E-state index contributed by atoms with van der Waals surface area (Å²) >= 11 is 0. The number of aliphatic imine (C=N–C) groups is 1. The molecule has 1 aliphatic rings. The molecule has 2 nitrogen and oxygen atoms in total. The fraction of sp³-hybridized carbons (Fsp3) is 0. The van der Waals surface area contributed by atoms with Gasteiger partial charge >= 0.3 is 0 Å². The third-order valence-electron chi connectivity index (χ3n) is 4.42. The lowest BCUT2D eigenvalue weighted by Crippen LogP contribution is -1.97. The molecule has 0 atom stereocenters. The maximum absolute atomic E-state index is 13.2. The van der Waals surface area contributed by atoms with Crippen LogP contribution in [-0.2, 0) is 0 Å². The predicted octanol–water partition coefficient (Wildman–Crippen LogP) is 5.25. The second-order valence-corrected chi connectivity index (χ2v) is 5.88. The van der Waals surface area contributed by atoms with Gasteiger partial charge in [-0.2, -0.15) is 0 Å². The minimum atomic E-state index is -0.250. The topological polar surface area (TPSA) is 17.3 Å². The zero-order valence-electron chi connectivity index (χ0n) is 12.8. The van der Waals surface area contributed by atoms with Crippen molar-refractivity contribution < 1.29 is 4.39 Å². The summed E-state index contributed by atoms with van der Waals surface area (Å²) in [5.74, 6) is -0.250. The molecule has 0 unspecified atom stereocenters. The van der Waals surface area contributed by atoms with Crippen LogP contribution in [0.2, 0.25) is 0 Å². The number of halogens is 1. The van der Waals surface area contributed by atoms with Gasteiger partial charge in [0.05, 0.1) is 28.3 Å². The van der Waals surface area contributed by atoms with Gasteiger partial charge in [0.25, 0.3) is 0 Å². The first-order valence-electron chi connectivity index (χ1n) is 7.86. The Hall–Kier alpha value is -3.20. The summed E-state index contributed by atoms with van der Waals surface area (Å²) < 4.78 is 15.4. The number of hydrogen-bond donors (Lipinski definition) is 0. The quantitative estimate of drug-likeness (QED) is 0.402. The largest absolute Gasteiger partial charge is 0.307 e. The van der Waals surface area contributed by atoms with E-state index in [2.05, 4.69) is 34.9 Å². The van der Waals surface area contributed by atoms with Gasteiger partial charge in [-0.3, -0.25) is 0 Å². The van der Waals surface area contributed by atoms with E-state index in [0.717, 1.165) is 28.3 Å². The van der Waals surface area contributed by atoms with Crippen LogP contribution in [0, 0.1) is 5.82 Å². The van der Waals surface area contributed by atoms with Crippen molar-refractivity contribution in [2.45, 2.75) is 0 Å². The predicted molar refractivity (Wildman–Crippen MR) is 95.0 cm³/mol. The van der Waals surface area contributed by atoms with E-state index < -0.39 is 0 Å². The van der Waals surface area contributed by atoms with Crippen LogP contribution in [0.5, 0.6) is 0 Å². The minimum absolute atomic E-state index is 0.250. The van der Waals surface area contributed by atoms with Gasteiger partial charge in [-0.25, -0.2) is 9.38 Å². The summed E-state index contributed by atoms with van der Waals surface area (Å²) in [6.45, 7) is 0. The van der Waals surface area contributed by atoms with E-state index in [-0.39, 0.29) is 5.82 Å². The van der Waals surface area contributed by atoms with E-state index in [1.165, 1.54) is 23.0 Å². The smallest absolute Gasteiger partial charge is 0.123 e. The van der Waals surface area contributed by atoms with Gasteiger partial charge in [0, 0.05) is 10.9 Å². The molecule has 114 valence electrons. The van der Waals surface area contributed by atoms with Crippen LogP contribution in [0.4, 0.5) is 10.1 Å². The molecule has 0 saturated carbocycles. The second kappa shape index (κ2) is 4.90. The Morgan fingerprint density at radius 2 is 1.54 bits per heavy atom. The Labute approximate surface area is 138 Å². The van der Waals surface area contributed by atoms with Crippen molar-refractivity contribution in [1.29, 1.82) is 0 Å². The fourth-order valence-corrected chi connectivity index (χ4v) is 3.36. The molecule has 0 aliphatic carbocycles. The van der Waals surface area contributed by atoms with Crippen molar-refractivity contribution in [2.24, 2.45) is 4.99 Å². The molecule has 0 amide bonds. The summed E-state index contributed by atoms with van der Waals surface area (Å²) in [5.41, 5.74) is 6.15. The lowest BCUT2D eigenvalue weighted by atomic mass is 10.1. The molecular formula is C21H13FN2. The highest BCUT2D eigenvalue weighted by Crippen LogP contribution is 2.35. The van der Waals surface area contributed by atoms with Gasteiger partial charge in [-0.05, 0) is 42.5 Å². The van der Waals surface area contributed by atoms with Gasteiger partial charge < -0.3 is 4.57 Å². The van der Waals surface area contributed by atoms with Gasteiger partial charge in [-0.15, -0.1) is 0 Å². The Morgan fingerprint density at radius 1 is 0.792 bits per heavy atom. The molecule has 0 radical (unpaired) electrons. The molecule has 2 heterocycles. The van der Waals surface area contributed by atoms with Crippen molar-refractivity contribution in [2.75, 3.05) is 0 Å². The van der Waals surface area contributed by atoms with Gasteiger partial charge in [-0.1, -0.05) is 36.4 Å². The van der Waals surface area contributed by atoms with Gasteiger partial charge in [0.2, 0.25) is 0 Å². The zero-order valence-corrected chi connectivity index (χ0v) is 12.8. The second-order valence-electron chi connectivity index (χ2n) is 5.88. The van der Waals surface area contributed by atoms with E-state index in [1.54, 1.807) is 12.1 Å². The summed E-state index contributed by atoms with van der Waals surface area (Å²) in [6, 6.07) is 25.0. The number of para-hydroxylation sites is 2. The number of benzene rings is 3. The summed E-state index contributed by atoms with van der Waals surface area (Å²) in [5, 5.41) is 1.19. The molecule has 1 aromatic heterocycles. The summed E-state index contributed by atoms with van der Waals surface area (Å²) in [6.07, 6.45) is 0. The third kappa shape index (κ3) is 1.85. The minimum Gasteiger partial charge on any atom is -0.307 e. The van der Waals surface area contributed by atoms with Crippen LogP contribution in [-0.4, -0.2) is 10.3 Å². The lowest BCUT2D eigenvalue weighted by molar-refractivity contribution is 0.628. The SMILES string of the molecule is Fc1ccc(N=C2c3ccccc3-n3c2cc2ccccc23)cc1. The van der Waals surface area contributed by atoms with Gasteiger partial charge in [0.15, 0.2) is 0 Å². The van der Waals surface area contributed by atoms with Crippen molar-refractivity contribution in [3.05, 3.63) is 95.9 Å². The van der Waals surface area contributed by atoms with Crippen molar-refractivity contribution in [3.63, 3.8) is 0 Å². The lowest BCUT2D eigenvalue weighted by Gasteiger charge is -2.03. The number of nitrogens with zero attached hydrogens (tertiary/aromatic N) is 2. The van der Waals surface area contributed by atoms with Crippen LogP contribution < -0.4 is 0 Å². The highest BCUT2D eigenvalue weighted by atomic mass is 19.1. The van der Waals surface area contributed by atoms with E-state index in [4.69, 9.17) is 4.99 Å². The van der Waals surface area contributed by atoms with Crippen molar-refractivity contribution >= 4 is 22.3 Å². The Morgan fingerprint density at radius 3 is 2.42 bits per heavy atom. The van der Waals surface area contributed by atoms with Crippen molar-refractivity contribution in [3.8, 4) is 5.69 Å². The van der Waals surface area contributed by atoms with Crippen LogP contribution in [0.25, 0.3) is 16.6 Å². The van der Waals surface area contributed by atoms with E-state index in [0.29, 0.717) is 0 Å². The molecule has 0 spiro atoms. The van der Waals surface area contributed by atoms with E-state index in [9.17, 15) is 4.39 Å². The number of hydrogen-bond acceptors (Lipinski definition) is 1. The zero-order chi connectivity index (χ0) is 16.1. The average molecular weight is 312 g/mol. The van der Waals surface area contributed by atoms with Gasteiger partial charge in [0.1, 0.15) is 5.82 Å². The molecule has 3 aromatic carbocycles. The molecule has 0 saturated heterocycles. The van der Waals surface area contributed by atoms with Crippen LogP contribution in [0.3, 0.4) is 0 Å².